The van der Waals surface area contributed by atoms with E-state index in [1.807, 2.05) is 19.1 Å². The summed E-state index contributed by atoms with van der Waals surface area (Å²) in [5.74, 6) is 1.07. The average Bonchev–Trinajstić information content (AvgIpc) is 2.80. The van der Waals surface area contributed by atoms with Gasteiger partial charge in [-0.25, -0.2) is 9.97 Å². The summed E-state index contributed by atoms with van der Waals surface area (Å²) in [5, 5.41) is 0. The summed E-state index contributed by atoms with van der Waals surface area (Å²) < 4.78 is 2.21. The zero-order valence-corrected chi connectivity index (χ0v) is 12.7. The second-order valence-electron chi connectivity index (χ2n) is 5.46. The second kappa shape index (κ2) is 5.36. The molecule has 0 aliphatic rings. The van der Waals surface area contributed by atoms with Gasteiger partial charge in [0.25, 0.3) is 0 Å². The van der Waals surface area contributed by atoms with Crippen LogP contribution < -0.4 is 5.46 Å². The lowest BCUT2D eigenvalue weighted by Crippen LogP contribution is -2.07. The lowest BCUT2D eigenvalue weighted by atomic mass is 9.95. The Morgan fingerprint density at radius 2 is 1.81 bits per heavy atom. The number of fused-ring (bicyclic) bond motifs is 1. The maximum Gasteiger partial charge on any atom is 0.160 e. The Bertz CT molecular complexity index is 788. The van der Waals surface area contributed by atoms with Gasteiger partial charge in [0.15, 0.2) is 5.65 Å². The number of aromatic nitrogens is 3. The summed E-state index contributed by atoms with van der Waals surface area (Å²) in [6.45, 7) is 7.02. The van der Waals surface area contributed by atoms with Crippen LogP contribution in [0.2, 0.25) is 0 Å². The highest BCUT2D eigenvalue weighted by molar-refractivity contribution is 6.32. The highest BCUT2D eigenvalue weighted by Crippen LogP contribution is 2.20. The molecule has 2 aromatic heterocycles. The number of benzene rings is 1. The van der Waals surface area contributed by atoms with Crippen LogP contribution >= 0.6 is 0 Å². The number of aryl methyl sites for hydroxylation is 3. The van der Waals surface area contributed by atoms with Gasteiger partial charge < -0.3 is 4.57 Å². The van der Waals surface area contributed by atoms with Crippen LogP contribution in [0.3, 0.4) is 0 Å². The summed E-state index contributed by atoms with van der Waals surface area (Å²) in [6, 6.07) is 10.1. The molecule has 3 aromatic rings. The Hall–Kier alpha value is -2.10. The summed E-state index contributed by atoms with van der Waals surface area (Å²) in [4.78, 5) is 9.46. The number of imidazole rings is 1. The van der Waals surface area contributed by atoms with Crippen molar-refractivity contribution in [2.24, 2.45) is 0 Å². The van der Waals surface area contributed by atoms with E-state index < -0.39 is 0 Å². The first-order chi connectivity index (χ1) is 10.1. The largest absolute Gasteiger partial charge is 0.308 e. The van der Waals surface area contributed by atoms with Crippen molar-refractivity contribution in [3.05, 3.63) is 53.0 Å². The first-order valence-electron chi connectivity index (χ1n) is 7.26. The van der Waals surface area contributed by atoms with E-state index in [9.17, 15) is 0 Å². The minimum absolute atomic E-state index is 0.774. The zero-order chi connectivity index (χ0) is 15.0. The van der Waals surface area contributed by atoms with Crippen molar-refractivity contribution in [3.8, 4) is 0 Å². The molecule has 2 radical (unpaired) electrons. The minimum atomic E-state index is 0.774. The number of hydrogen-bond donors (Lipinski definition) is 0. The molecule has 0 N–H and O–H groups in total. The standard InChI is InChI=1S/C17H18BN3/c1-4-15-20-16-11(2)9-12(3)19-17(16)21(15)10-13-5-7-14(18)8-6-13/h5-9H,4,10H2,1-3H3. The molecule has 0 saturated heterocycles. The molecule has 4 heteroatoms. The van der Waals surface area contributed by atoms with Crippen LogP contribution in [0.4, 0.5) is 0 Å². The third-order valence-corrected chi connectivity index (χ3v) is 3.74. The van der Waals surface area contributed by atoms with Gasteiger partial charge in [-0.1, -0.05) is 36.7 Å². The predicted octanol–water partition coefficient (Wildman–Crippen LogP) is 2.45. The van der Waals surface area contributed by atoms with Gasteiger partial charge in [-0.15, -0.1) is 0 Å². The summed E-state index contributed by atoms with van der Waals surface area (Å²) in [7, 11) is 5.75. The van der Waals surface area contributed by atoms with Gasteiger partial charge in [-0.05, 0) is 31.0 Å². The van der Waals surface area contributed by atoms with Gasteiger partial charge in [0.2, 0.25) is 0 Å². The smallest absolute Gasteiger partial charge is 0.160 e. The molecule has 3 nitrogen and oxygen atoms in total. The fourth-order valence-corrected chi connectivity index (χ4v) is 2.69. The van der Waals surface area contributed by atoms with E-state index in [-0.39, 0.29) is 0 Å². The Labute approximate surface area is 126 Å². The van der Waals surface area contributed by atoms with E-state index in [1.165, 1.54) is 11.1 Å². The number of rotatable bonds is 3. The van der Waals surface area contributed by atoms with Crippen LogP contribution in [0.25, 0.3) is 11.2 Å². The van der Waals surface area contributed by atoms with Gasteiger partial charge in [0, 0.05) is 12.1 Å². The minimum Gasteiger partial charge on any atom is -0.308 e. The Balaban J connectivity index is 2.13. The van der Waals surface area contributed by atoms with Crippen molar-refractivity contribution < 1.29 is 0 Å². The highest BCUT2D eigenvalue weighted by Gasteiger charge is 2.13. The lowest BCUT2D eigenvalue weighted by molar-refractivity contribution is 0.745. The molecule has 0 saturated carbocycles. The van der Waals surface area contributed by atoms with Crippen LogP contribution in [0, 0.1) is 13.8 Å². The number of pyridine rings is 1. The predicted molar refractivity (Wildman–Crippen MR) is 87.3 cm³/mol. The topological polar surface area (TPSA) is 30.7 Å². The van der Waals surface area contributed by atoms with Crippen LogP contribution in [0.5, 0.6) is 0 Å². The third kappa shape index (κ3) is 2.58. The number of hydrogen-bond acceptors (Lipinski definition) is 2. The fourth-order valence-electron chi connectivity index (χ4n) is 2.69. The van der Waals surface area contributed by atoms with Gasteiger partial charge in [-0.2, -0.15) is 0 Å². The molecule has 2 heterocycles. The molecular weight excluding hydrogens is 257 g/mol. The molecule has 1 aromatic carbocycles. The molecular formula is C17H18BN3. The van der Waals surface area contributed by atoms with Crippen LogP contribution in [0.15, 0.2) is 30.3 Å². The summed E-state index contributed by atoms with van der Waals surface area (Å²) >= 11 is 0. The first-order valence-corrected chi connectivity index (χ1v) is 7.26. The first kappa shape index (κ1) is 13.9. The molecule has 0 spiro atoms. The highest BCUT2D eigenvalue weighted by atomic mass is 15.1. The SMILES string of the molecule is [B]c1ccc(Cn2c(CC)nc3c(C)cc(C)nc32)cc1. The van der Waals surface area contributed by atoms with Crippen molar-refractivity contribution in [1.29, 1.82) is 0 Å². The van der Waals surface area contributed by atoms with Gasteiger partial charge in [0.05, 0.1) is 6.54 Å². The molecule has 0 aliphatic heterocycles. The van der Waals surface area contributed by atoms with Crippen LogP contribution in [0.1, 0.15) is 29.6 Å². The Kier molecular flexibility index (Phi) is 3.54. The van der Waals surface area contributed by atoms with E-state index in [2.05, 4.69) is 36.6 Å². The molecule has 3 rings (SSSR count). The molecule has 0 bridgehead atoms. The molecule has 0 fully saturated rings. The maximum atomic E-state index is 5.75. The third-order valence-electron chi connectivity index (χ3n) is 3.74. The molecule has 0 unspecified atom stereocenters. The average molecular weight is 275 g/mol. The maximum absolute atomic E-state index is 5.75. The van der Waals surface area contributed by atoms with E-state index >= 15 is 0 Å². The van der Waals surface area contributed by atoms with Crippen LogP contribution in [-0.4, -0.2) is 22.4 Å². The van der Waals surface area contributed by atoms with Gasteiger partial charge in [-0.3, -0.25) is 0 Å². The molecule has 104 valence electrons. The molecule has 21 heavy (non-hydrogen) atoms. The van der Waals surface area contributed by atoms with Crippen molar-refractivity contribution >= 4 is 24.5 Å². The van der Waals surface area contributed by atoms with Crippen molar-refractivity contribution in [2.45, 2.75) is 33.7 Å². The van der Waals surface area contributed by atoms with E-state index in [1.54, 1.807) is 0 Å². The summed E-state index contributed by atoms with van der Waals surface area (Å²) in [5.41, 5.74) is 6.19. The Morgan fingerprint density at radius 1 is 1.10 bits per heavy atom. The molecule has 0 amide bonds. The van der Waals surface area contributed by atoms with Crippen molar-refractivity contribution in [1.82, 2.24) is 14.5 Å². The normalized spacial score (nSPS) is 11.2. The zero-order valence-electron chi connectivity index (χ0n) is 12.7. The summed E-state index contributed by atoms with van der Waals surface area (Å²) in [6.07, 6.45) is 0.893. The van der Waals surface area contributed by atoms with Crippen LogP contribution in [-0.2, 0) is 13.0 Å². The van der Waals surface area contributed by atoms with Gasteiger partial charge in [0.1, 0.15) is 19.2 Å². The van der Waals surface area contributed by atoms with E-state index in [0.717, 1.165) is 41.1 Å². The van der Waals surface area contributed by atoms with E-state index in [4.69, 9.17) is 17.8 Å². The molecule has 0 atom stereocenters. The monoisotopic (exact) mass is 275 g/mol. The fraction of sp³-hybridized carbons (Fsp3) is 0.294. The lowest BCUT2D eigenvalue weighted by Gasteiger charge is -2.08. The second-order valence-corrected chi connectivity index (χ2v) is 5.46. The van der Waals surface area contributed by atoms with Crippen molar-refractivity contribution in [3.63, 3.8) is 0 Å². The Morgan fingerprint density at radius 3 is 2.48 bits per heavy atom. The van der Waals surface area contributed by atoms with Crippen molar-refractivity contribution in [2.75, 3.05) is 0 Å². The quantitative estimate of drug-likeness (QED) is 0.687. The molecule has 0 aliphatic carbocycles. The number of nitrogens with zero attached hydrogens (tertiary/aromatic N) is 3. The van der Waals surface area contributed by atoms with E-state index in [0.29, 0.717) is 0 Å². The van der Waals surface area contributed by atoms with Gasteiger partial charge >= 0.3 is 0 Å².